The Morgan fingerprint density at radius 2 is 1.13 bits per heavy atom. The van der Waals surface area contributed by atoms with Gasteiger partial charge < -0.3 is 4.57 Å². The van der Waals surface area contributed by atoms with Crippen LogP contribution in [0.15, 0.2) is 140 Å². The Morgan fingerprint density at radius 1 is 0.667 bits per heavy atom. The third-order valence-electron chi connectivity index (χ3n) is 8.36. The lowest BCUT2D eigenvalue weighted by Gasteiger charge is -2.40. The van der Waals surface area contributed by atoms with E-state index in [1.165, 1.54) is 54.4 Å². The zero-order valence-electron chi connectivity index (χ0n) is 23.1. The molecule has 4 heteroatoms. The summed E-state index contributed by atoms with van der Waals surface area (Å²) in [5.41, 5.74) is 6.47. The number of nitrogens with zero attached hydrogens (tertiary/aromatic N) is 2. The van der Waals surface area contributed by atoms with Crippen molar-refractivity contribution in [2.75, 3.05) is 0 Å². The molecule has 0 aliphatic heterocycles. The predicted octanol–water partition coefficient (Wildman–Crippen LogP) is 6.96. The van der Waals surface area contributed by atoms with Crippen LogP contribution < -0.4 is 0 Å². The van der Waals surface area contributed by atoms with Crippen molar-refractivity contribution in [2.45, 2.75) is 48.6 Å². The summed E-state index contributed by atoms with van der Waals surface area (Å²) in [5.74, 6) is 0.484. The van der Waals surface area contributed by atoms with Crippen molar-refractivity contribution in [1.29, 1.82) is 0 Å². The number of benzene rings is 4. The second kappa shape index (κ2) is 13.4. The van der Waals surface area contributed by atoms with E-state index in [0.29, 0.717) is 5.82 Å². The molecule has 1 fully saturated rings. The van der Waals surface area contributed by atoms with Gasteiger partial charge in [0.15, 0.2) is 0 Å². The van der Waals surface area contributed by atoms with E-state index >= 15 is 0 Å². The average Bonchev–Trinajstić information content (AvgIpc) is 3.58. The van der Waals surface area contributed by atoms with Crippen molar-refractivity contribution >= 4 is 17.4 Å². The summed E-state index contributed by atoms with van der Waals surface area (Å²) < 4.78 is 2.39. The first-order valence-corrected chi connectivity index (χ1v) is 16.0. The number of aromatic nitrogens is 2. The molecule has 0 radical (unpaired) electrons. The summed E-state index contributed by atoms with van der Waals surface area (Å²) in [6.07, 6.45) is 13.1. The molecule has 5 aromatic rings. The highest BCUT2D eigenvalue weighted by Gasteiger charge is 2.38. The van der Waals surface area contributed by atoms with Gasteiger partial charge >= 0.3 is 0 Å². The highest BCUT2D eigenvalue weighted by atomic mass is 28.2. The highest BCUT2D eigenvalue weighted by Crippen LogP contribution is 2.40. The molecule has 0 atom stereocenters. The number of hydrogen-bond donors (Lipinski definition) is 0. The fourth-order valence-corrected chi connectivity index (χ4v) is 9.37. The topological polar surface area (TPSA) is 17.8 Å². The van der Waals surface area contributed by atoms with Gasteiger partial charge in [0.2, 0.25) is 0 Å². The maximum Gasteiger partial charge on any atom is 0.116 e. The Bertz CT molecular complexity index is 1270. The van der Waals surface area contributed by atoms with Crippen LogP contribution in [0.25, 0.3) is 0 Å². The molecule has 1 aliphatic carbocycles. The summed E-state index contributed by atoms with van der Waals surface area (Å²) in [4.78, 5) is 4.42. The van der Waals surface area contributed by atoms with E-state index in [1.54, 1.807) is 0 Å². The summed E-state index contributed by atoms with van der Waals surface area (Å²) in [6.45, 7) is 0. The number of hydrogen-bond acceptors (Lipinski definition) is 1. The van der Waals surface area contributed by atoms with Crippen molar-refractivity contribution in [3.63, 3.8) is 0 Å². The Morgan fingerprint density at radius 3 is 1.56 bits per heavy atom. The van der Waals surface area contributed by atoms with E-state index in [2.05, 4.69) is 145 Å². The minimum Gasteiger partial charge on any atom is -0.327 e. The molecule has 1 saturated carbocycles. The fraction of sp³-hybridized carbons (Fsp3) is 0.229. The van der Waals surface area contributed by atoms with Gasteiger partial charge in [0, 0.05) is 12.4 Å². The molecule has 1 heterocycles. The third kappa shape index (κ3) is 6.51. The van der Waals surface area contributed by atoms with Crippen LogP contribution in [0.1, 0.15) is 60.2 Å². The maximum absolute atomic E-state index is 4.42. The summed E-state index contributed by atoms with van der Waals surface area (Å²) >= 11 is 0. The highest BCUT2D eigenvalue weighted by molar-refractivity contribution is 6.43. The molecule has 4 aromatic carbocycles. The molecule has 0 spiro atoms. The van der Waals surface area contributed by atoms with Crippen LogP contribution in [-0.2, 0) is 5.16 Å². The van der Waals surface area contributed by atoms with Crippen molar-refractivity contribution in [1.82, 2.24) is 9.55 Å². The average molecular weight is 527 g/mol. The molecule has 1 aliphatic rings. The first-order chi connectivity index (χ1) is 19.3. The molecule has 1 aromatic heterocycles. The van der Waals surface area contributed by atoms with Gasteiger partial charge in [0.05, 0.1) is 21.0 Å². The van der Waals surface area contributed by atoms with Crippen molar-refractivity contribution in [3.8, 4) is 0 Å². The normalized spacial score (nSPS) is 14.3. The second-order valence-corrected chi connectivity index (χ2v) is 13.4. The van der Waals surface area contributed by atoms with Crippen molar-refractivity contribution in [2.24, 2.45) is 0 Å². The van der Waals surface area contributed by atoms with Crippen LogP contribution in [0.5, 0.6) is 0 Å². The van der Waals surface area contributed by atoms with Crippen molar-refractivity contribution < 1.29 is 0 Å². The van der Waals surface area contributed by atoms with Gasteiger partial charge in [0.25, 0.3) is 0 Å². The monoisotopic (exact) mass is 526 g/mol. The summed E-state index contributed by atoms with van der Waals surface area (Å²) in [5, 5.41) is -0.0406. The van der Waals surface area contributed by atoms with Crippen LogP contribution in [-0.4, -0.2) is 26.9 Å². The fourth-order valence-electron chi connectivity index (χ4n) is 6.20. The zero-order valence-corrected chi connectivity index (χ0v) is 24.5. The molecule has 0 amide bonds. The van der Waals surface area contributed by atoms with E-state index in [1.807, 2.05) is 12.5 Å². The lowest BCUT2D eigenvalue weighted by atomic mass is 9.76. The lowest BCUT2D eigenvalue weighted by molar-refractivity contribution is 0.482. The van der Waals surface area contributed by atoms with Gasteiger partial charge in [-0.05, 0) is 33.6 Å². The Balaban J connectivity index is 0.000000186. The van der Waals surface area contributed by atoms with E-state index in [-0.39, 0.29) is 5.16 Å². The minimum absolute atomic E-state index is 0.0406. The van der Waals surface area contributed by atoms with Crippen LogP contribution in [0.3, 0.4) is 0 Å². The summed E-state index contributed by atoms with van der Waals surface area (Å²) in [7, 11) is 1.77. The van der Waals surface area contributed by atoms with Gasteiger partial charge in [-0.25, -0.2) is 4.98 Å². The van der Waals surface area contributed by atoms with Crippen LogP contribution in [0.4, 0.5) is 0 Å². The van der Waals surface area contributed by atoms with Gasteiger partial charge in [-0.3, -0.25) is 0 Å². The van der Waals surface area contributed by atoms with Crippen molar-refractivity contribution in [3.05, 3.63) is 162 Å². The molecule has 0 saturated heterocycles. The van der Waals surface area contributed by atoms with E-state index in [0.717, 1.165) is 5.54 Å². The minimum atomic E-state index is -0.470. The number of imidazole rings is 1. The molecule has 196 valence electrons. The molecule has 0 N–H and O–H groups in total. The van der Waals surface area contributed by atoms with Gasteiger partial charge in [0.1, 0.15) is 7.85 Å². The molecule has 39 heavy (non-hydrogen) atoms. The lowest BCUT2D eigenvalue weighted by Crippen LogP contribution is -2.43. The molecular formula is C35H39BN2Si. The van der Waals surface area contributed by atoms with Gasteiger partial charge in [-0.15, -0.1) is 0 Å². The van der Waals surface area contributed by atoms with Crippen LogP contribution in [0.2, 0.25) is 5.54 Å². The van der Waals surface area contributed by atoms with E-state index in [4.69, 9.17) is 0 Å². The summed E-state index contributed by atoms with van der Waals surface area (Å²) in [6, 6.07) is 43.4. The third-order valence-corrected chi connectivity index (χ3v) is 11.5. The second-order valence-electron chi connectivity index (χ2n) is 10.8. The molecule has 6 rings (SSSR count). The SMILES string of the molecule is BC(c1ccccc1)c1ccccc1.c1ccc(C([SiH2]C2CCCCC2)(c2ccccc2)n2ccnc2)cc1. The van der Waals surface area contributed by atoms with E-state index in [9.17, 15) is 0 Å². The van der Waals surface area contributed by atoms with Crippen LogP contribution in [0, 0.1) is 0 Å². The standard InChI is InChI=1S/C22H26N2Si.C13H13B/c1-4-10-19(11-5-1)22(24-17-16-23-18-24,20-12-6-2-7-13-20)25-21-14-8-3-9-15-21;14-13(11-7-3-1-4-8-11)12-9-5-2-6-10-12/h1-2,4-7,10-13,16-18,21H,3,8-9,14-15,25H2;1-10,13H,14H2. The molecule has 0 unspecified atom stereocenters. The smallest absolute Gasteiger partial charge is 0.116 e. The Hall–Kier alpha value is -3.63. The predicted molar refractivity (Wildman–Crippen MR) is 170 cm³/mol. The molecular weight excluding hydrogens is 487 g/mol. The quantitative estimate of drug-likeness (QED) is 0.210. The van der Waals surface area contributed by atoms with Gasteiger partial charge in [-0.1, -0.05) is 153 Å². The molecule has 0 bridgehead atoms. The first-order valence-electron chi connectivity index (χ1n) is 14.5. The Labute approximate surface area is 237 Å². The number of rotatable bonds is 7. The Kier molecular flexibility index (Phi) is 9.29. The van der Waals surface area contributed by atoms with E-state index < -0.39 is 9.52 Å². The zero-order chi connectivity index (χ0) is 26.8. The molecule has 2 nitrogen and oxygen atoms in total. The largest absolute Gasteiger partial charge is 0.327 e. The van der Waals surface area contributed by atoms with Gasteiger partial charge in [-0.2, -0.15) is 0 Å². The maximum atomic E-state index is 4.42. The van der Waals surface area contributed by atoms with Crippen LogP contribution >= 0.6 is 0 Å². The first kappa shape index (κ1) is 27.0.